The van der Waals surface area contributed by atoms with Gasteiger partial charge >= 0.3 is 0 Å². The van der Waals surface area contributed by atoms with Gasteiger partial charge in [0.15, 0.2) is 5.11 Å². The molecule has 0 spiro atoms. The van der Waals surface area contributed by atoms with E-state index < -0.39 is 0 Å². The van der Waals surface area contributed by atoms with Crippen molar-refractivity contribution < 1.29 is 4.74 Å². The van der Waals surface area contributed by atoms with Crippen LogP contribution >= 0.6 is 12.2 Å². The average molecular weight is 263 g/mol. The first-order valence-corrected chi connectivity index (χ1v) is 6.20. The first kappa shape index (κ1) is 14.3. The molecule has 0 aliphatic heterocycles. The molecular formula is C13H17N3OS. The number of ether oxygens (including phenoxy) is 1. The molecule has 18 heavy (non-hydrogen) atoms. The van der Waals surface area contributed by atoms with Crippen molar-refractivity contribution in [1.29, 1.82) is 5.26 Å². The molecule has 0 atom stereocenters. The van der Waals surface area contributed by atoms with Crippen molar-refractivity contribution in [1.82, 2.24) is 4.90 Å². The maximum absolute atomic E-state index is 8.54. The minimum atomic E-state index is 0.450. The van der Waals surface area contributed by atoms with Gasteiger partial charge in [-0.3, -0.25) is 0 Å². The van der Waals surface area contributed by atoms with Crippen LogP contribution in [0.1, 0.15) is 13.3 Å². The second kappa shape index (κ2) is 7.51. The summed E-state index contributed by atoms with van der Waals surface area (Å²) in [5.74, 6) is 0.774. The fourth-order valence-corrected chi connectivity index (χ4v) is 1.58. The highest BCUT2D eigenvalue weighted by Gasteiger charge is 2.07. The maximum atomic E-state index is 8.54. The molecule has 0 saturated carbocycles. The summed E-state index contributed by atoms with van der Waals surface area (Å²) in [5.41, 5.74) is 0.841. The Morgan fingerprint density at radius 1 is 1.50 bits per heavy atom. The third-order valence-corrected chi connectivity index (χ3v) is 2.75. The van der Waals surface area contributed by atoms with Crippen LogP contribution in [0.3, 0.4) is 0 Å². The van der Waals surface area contributed by atoms with Gasteiger partial charge in [-0.2, -0.15) is 5.26 Å². The van der Waals surface area contributed by atoms with E-state index >= 15 is 0 Å². The highest BCUT2D eigenvalue weighted by atomic mass is 32.1. The van der Waals surface area contributed by atoms with Crippen LogP contribution < -0.4 is 10.1 Å². The zero-order chi connectivity index (χ0) is 13.4. The van der Waals surface area contributed by atoms with Crippen molar-refractivity contribution >= 4 is 23.0 Å². The maximum Gasteiger partial charge on any atom is 0.173 e. The molecule has 0 heterocycles. The van der Waals surface area contributed by atoms with E-state index in [4.69, 9.17) is 22.2 Å². The number of nitrogens with one attached hydrogen (secondary N) is 1. The Morgan fingerprint density at radius 2 is 2.22 bits per heavy atom. The molecule has 0 fully saturated rings. The molecule has 96 valence electrons. The van der Waals surface area contributed by atoms with Crippen LogP contribution in [0.15, 0.2) is 24.3 Å². The molecule has 1 N–H and O–H groups in total. The SMILES string of the molecule is CCOc1ccccc1NC(=S)N(C)CCC#N. The van der Waals surface area contributed by atoms with Gasteiger partial charge in [0.05, 0.1) is 24.8 Å². The van der Waals surface area contributed by atoms with Crippen LogP contribution in [-0.2, 0) is 0 Å². The summed E-state index contributed by atoms with van der Waals surface area (Å²) in [4.78, 5) is 1.83. The molecule has 0 amide bonds. The lowest BCUT2D eigenvalue weighted by Crippen LogP contribution is -2.31. The van der Waals surface area contributed by atoms with Crippen LogP contribution in [0, 0.1) is 11.3 Å². The van der Waals surface area contributed by atoms with Gasteiger partial charge in [0, 0.05) is 13.6 Å². The molecule has 1 rings (SSSR count). The fraction of sp³-hybridized carbons (Fsp3) is 0.385. The molecule has 0 aliphatic carbocycles. The second-order valence-electron chi connectivity index (χ2n) is 3.69. The molecular weight excluding hydrogens is 246 g/mol. The largest absolute Gasteiger partial charge is 0.492 e. The second-order valence-corrected chi connectivity index (χ2v) is 4.08. The fourth-order valence-electron chi connectivity index (χ4n) is 1.38. The van der Waals surface area contributed by atoms with Gasteiger partial charge in [-0.05, 0) is 31.3 Å². The highest BCUT2D eigenvalue weighted by Crippen LogP contribution is 2.23. The smallest absolute Gasteiger partial charge is 0.173 e. The molecule has 5 heteroatoms. The summed E-state index contributed by atoms with van der Waals surface area (Å²) in [6, 6.07) is 9.73. The van der Waals surface area contributed by atoms with E-state index in [-0.39, 0.29) is 0 Å². The monoisotopic (exact) mass is 263 g/mol. The Balaban J connectivity index is 2.66. The van der Waals surface area contributed by atoms with Crippen molar-refractivity contribution in [3.05, 3.63) is 24.3 Å². The Morgan fingerprint density at radius 3 is 2.89 bits per heavy atom. The van der Waals surface area contributed by atoms with Crippen LogP contribution in [0.2, 0.25) is 0 Å². The standard InChI is InChI=1S/C13H17N3OS/c1-3-17-12-8-5-4-7-11(12)15-13(18)16(2)10-6-9-14/h4-5,7-8H,3,6,10H2,1-2H3,(H,15,18). The number of thiocarbonyl (C=S) groups is 1. The molecule has 0 unspecified atom stereocenters. The highest BCUT2D eigenvalue weighted by molar-refractivity contribution is 7.80. The third-order valence-electron chi connectivity index (χ3n) is 2.33. The minimum Gasteiger partial charge on any atom is -0.492 e. The van der Waals surface area contributed by atoms with Gasteiger partial charge in [-0.1, -0.05) is 12.1 Å². The van der Waals surface area contributed by atoms with Crippen molar-refractivity contribution in [2.75, 3.05) is 25.5 Å². The van der Waals surface area contributed by atoms with E-state index in [1.165, 1.54) is 0 Å². The predicted molar refractivity (Wildman–Crippen MR) is 76.7 cm³/mol. The number of para-hydroxylation sites is 2. The molecule has 0 saturated heterocycles. The predicted octanol–water partition coefficient (Wildman–Crippen LogP) is 2.63. The van der Waals surface area contributed by atoms with Crippen molar-refractivity contribution in [2.24, 2.45) is 0 Å². The summed E-state index contributed by atoms with van der Waals surface area (Å²) in [6.07, 6.45) is 0.450. The molecule has 0 radical (unpaired) electrons. The first-order chi connectivity index (χ1) is 8.69. The van der Waals surface area contributed by atoms with Crippen LogP contribution in [0.4, 0.5) is 5.69 Å². The topological polar surface area (TPSA) is 48.3 Å². The lowest BCUT2D eigenvalue weighted by Gasteiger charge is -2.21. The molecule has 0 aromatic heterocycles. The van der Waals surface area contributed by atoms with E-state index in [0.29, 0.717) is 24.7 Å². The third kappa shape index (κ3) is 4.22. The number of benzene rings is 1. The number of nitrogens with zero attached hydrogens (tertiary/aromatic N) is 2. The summed E-state index contributed by atoms with van der Waals surface area (Å²) in [7, 11) is 1.86. The number of nitriles is 1. The molecule has 0 bridgehead atoms. The van der Waals surface area contributed by atoms with Gasteiger partial charge in [0.25, 0.3) is 0 Å². The minimum absolute atomic E-state index is 0.450. The van der Waals surface area contributed by atoms with Gasteiger partial charge in [-0.25, -0.2) is 0 Å². The van der Waals surface area contributed by atoms with Crippen LogP contribution in [-0.4, -0.2) is 30.2 Å². The van der Waals surface area contributed by atoms with Gasteiger partial charge in [-0.15, -0.1) is 0 Å². The van der Waals surface area contributed by atoms with Gasteiger partial charge in [0.1, 0.15) is 5.75 Å². The molecule has 0 aliphatic rings. The van der Waals surface area contributed by atoms with Gasteiger partial charge < -0.3 is 15.0 Å². The Labute approximate surface area is 113 Å². The number of hydrogen-bond acceptors (Lipinski definition) is 3. The Bertz CT molecular complexity index is 442. The van der Waals surface area contributed by atoms with Crippen molar-refractivity contribution in [3.63, 3.8) is 0 Å². The Kier molecular flexibility index (Phi) is 5.95. The zero-order valence-electron chi connectivity index (χ0n) is 10.6. The number of rotatable bonds is 5. The van der Waals surface area contributed by atoms with E-state index in [1.54, 1.807) is 0 Å². The lowest BCUT2D eigenvalue weighted by atomic mass is 10.3. The Hall–Kier alpha value is -1.80. The van der Waals surface area contributed by atoms with Gasteiger partial charge in [0.2, 0.25) is 0 Å². The van der Waals surface area contributed by atoms with Crippen molar-refractivity contribution in [2.45, 2.75) is 13.3 Å². The summed E-state index contributed by atoms with van der Waals surface area (Å²) < 4.78 is 5.51. The summed E-state index contributed by atoms with van der Waals surface area (Å²) >= 11 is 5.27. The summed E-state index contributed by atoms with van der Waals surface area (Å²) in [6.45, 7) is 3.16. The number of hydrogen-bond donors (Lipinski definition) is 1. The zero-order valence-corrected chi connectivity index (χ0v) is 11.5. The molecule has 4 nitrogen and oxygen atoms in total. The lowest BCUT2D eigenvalue weighted by molar-refractivity contribution is 0.342. The number of anilines is 1. The van der Waals surface area contributed by atoms with E-state index in [1.807, 2.05) is 43.1 Å². The van der Waals surface area contributed by atoms with E-state index in [9.17, 15) is 0 Å². The normalized spacial score (nSPS) is 9.39. The van der Waals surface area contributed by atoms with Crippen LogP contribution in [0.25, 0.3) is 0 Å². The molecule has 1 aromatic rings. The van der Waals surface area contributed by atoms with E-state index in [2.05, 4.69) is 11.4 Å². The average Bonchev–Trinajstić information content (AvgIpc) is 2.38. The molecule has 1 aromatic carbocycles. The quantitative estimate of drug-likeness (QED) is 0.828. The van der Waals surface area contributed by atoms with Crippen LogP contribution in [0.5, 0.6) is 5.75 Å². The first-order valence-electron chi connectivity index (χ1n) is 5.80. The van der Waals surface area contributed by atoms with E-state index in [0.717, 1.165) is 11.4 Å². The van der Waals surface area contributed by atoms with Crippen molar-refractivity contribution in [3.8, 4) is 11.8 Å². The summed E-state index contributed by atoms with van der Waals surface area (Å²) in [5, 5.41) is 12.2.